The third-order valence-corrected chi connectivity index (χ3v) is 6.20. The van der Waals surface area contributed by atoms with Crippen molar-refractivity contribution in [2.75, 3.05) is 13.1 Å². The minimum Gasteiger partial charge on any atom is -0.338 e. The molecule has 0 spiro atoms. The molecular formula is C20H24N4OS. The molecule has 3 heterocycles. The number of likely N-dealkylation sites (tertiary alicyclic amines) is 1. The van der Waals surface area contributed by atoms with Crippen LogP contribution in [0.2, 0.25) is 0 Å². The SMILES string of the molecule is CCCn1cc(C(=O)N2CCCC(c3nc4ccccc4s3)C2)c(C)n1. The summed E-state index contributed by atoms with van der Waals surface area (Å²) in [5, 5.41) is 5.64. The lowest BCUT2D eigenvalue weighted by atomic mass is 9.98. The Morgan fingerprint density at radius 2 is 2.19 bits per heavy atom. The maximum Gasteiger partial charge on any atom is 0.257 e. The van der Waals surface area contributed by atoms with Crippen LogP contribution in [0, 0.1) is 6.92 Å². The summed E-state index contributed by atoms with van der Waals surface area (Å²) in [6.45, 7) is 6.46. The fraction of sp³-hybridized carbons (Fsp3) is 0.450. The summed E-state index contributed by atoms with van der Waals surface area (Å²) in [5.74, 6) is 0.437. The fourth-order valence-corrected chi connectivity index (χ4v) is 4.76. The zero-order chi connectivity index (χ0) is 18.1. The number of amides is 1. The molecule has 26 heavy (non-hydrogen) atoms. The monoisotopic (exact) mass is 368 g/mol. The number of hydrogen-bond acceptors (Lipinski definition) is 4. The molecule has 6 heteroatoms. The average Bonchev–Trinajstić information content (AvgIpc) is 3.25. The number of hydrogen-bond donors (Lipinski definition) is 0. The van der Waals surface area contributed by atoms with Crippen LogP contribution in [-0.4, -0.2) is 38.7 Å². The van der Waals surface area contributed by atoms with Gasteiger partial charge in [0.1, 0.15) is 0 Å². The van der Waals surface area contributed by atoms with Crippen LogP contribution in [0.3, 0.4) is 0 Å². The van der Waals surface area contributed by atoms with Gasteiger partial charge in [0.05, 0.1) is 26.5 Å². The smallest absolute Gasteiger partial charge is 0.257 e. The van der Waals surface area contributed by atoms with Crippen LogP contribution >= 0.6 is 11.3 Å². The molecule has 1 aliphatic rings. The summed E-state index contributed by atoms with van der Waals surface area (Å²) in [4.78, 5) is 19.8. The van der Waals surface area contributed by atoms with E-state index in [1.165, 1.54) is 4.70 Å². The van der Waals surface area contributed by atoms with E-state index in [9.17, 15) is 4.79 Å². The zero-order valence-corrected chi connectivity index (χ0v) is 16.1. The van der Waals surface area contributed by atoms with Gasteiger partial charge < -0.3 is 4.90 Å². The van der Waals surface area contributed by atoms with Gasteiger partial charge in [0.2, 0.25) is 0 Å². The van der Waals surface area contributed by atoms with Crippen LogP contribution < -0.4 is 0 Å². The third kappa shape index (κ3) is 3.26. The highest BCUT2D eigenvalue weighted by Gasteiger charge is 2.29. The highest BCUT2D eigenvalue weighted by Crippen LogP contribution is 2.33. The standard InChI is InChI=1S/C20H24N4OS/c1-3-10-24-13-16(14(2)22-24)20(25)23-11-6-7-15(12-23)19-21-17-8-4-5-9-18(17)26-19/h4-5,8-9,13,15H,3,6-7,10-12H2,1-2H3. The molecule has 5 nitrogen and oxygen atoms in total. The molecule has 0 aliphatic carbocycles. The minimum absolute atomic E-state index is 0.107. The Balaban J connectivity index is 1.53. The third-order valence-electron chi connectivity index (χ3n) is 5.00. The number of nitrogens with zero attached hydrogens (tertiary/aromatic N) is 4. The molecule has 3 aromatic rings. The van der Waals surface area contributed by atoms with Gasteiger partial charge in [0.25, 0.3) is 5.91 Å². The average molecular weight is 369 g/mol. The van der Waals surface area contributed by atoms with Gasteiger partial charge in [-0.3, -0.25) is 9.48 Å². The van der Waals surface area contributed by atoms with E-state index in [0.29, 0.717) is 5.92 Å². The van der Waals surface area contributed by atoms with Crippen molar-refractivity contribution >= 4 is 27.5 Å². The van der Waals surface area contributed by atoms with Gasteiger partial charge in [-0.25, -0.2) is 4.98 Å². The molecule has 1 fully saturated rings. The van der Waals surface area contributed by atoms with Crippen LogP contribution in [0.1, 0.15) is 53.2 Å². The molecule has 1 atom stereocenters. The number of aryl methyl sites for hydroxylation is 2. The molecule has 1 aliphatic heterocycles. The zero-order valence-electron chi connectivity index (χ0n) is 15.3. The number of benzene rings is 1. The summed E-state index contributed by atoms with van der Waals surface area (Å²) < 4.78 is 3.11. The second-order valence-corrected chi connectivity index (χ2v) is 8.06. The van der Waals surface area contributed by atoms with Gasteiger partial charge in [-0.05, 0) is 38.3 Å². The molecule has 136 valence electrons. The number of aromatic nitrogens is 3. The summed E-state index contributed by atoms with van der Waals surface area (Å²) in [6.07, 6.45) is 5.03. The lowest BCUT2D eigenvalue weighted by Gasteiger charge is -2.31. The first-order valence-corrected chi connectivity index (χ1v) is 10.2. The van der Waals surface area contributed by atoms with Gasteiger partial charge in [0, 0.05) is 31.7 Å². The Morgan fingerprint density at radius 1 is 1.35 bits per heavy atom. The first-order valence-electron chi connectivity index (χ1n) is 9.34. The quantitative estimate of drug-likeness (QED) is 0.692. The molecule has 1 saturated heterocycles. The predicted octanol–water partition coefficient (Wildman–Crippen LogP) is 4.23. The van der Waals surface area contributed by atoms with E-state index in [2.05, 4.69) is 30.2 Å². The number of piperidine rings is 1. The minimum atomic E-state index is 0.107. The summed E-state index contributed by atoms with van der Waals surface area (Å²) in [5.41, 5.74) is 2.63. The molecule has 0 radical (unpaired) electrons. The van der Waals surface area contributed by atoms with Crippen LogP contribution in [-0.2, 0) is 6.54 Å². The normalized spacial score (nSPS) is 17.8. The molecule has 4 rings (SSSR count). The van der Waals surface area contributed by atoms with Gasteiger partial charge in [0.15, 0.2) is 0 Å². The maximum atomic E-state index is 13.0. The first-order chi connectivity index (χ1) is 12.7. The van der Waals surface area contributed by atoms with Crippen molar-refractivity contribution in [2.45, 2.75) is 45.6 Å². The topological polar surface area (TPSA) is 51.0 Å². The maximum absolute atomic E-state index is 13.0. The van der Waals surface area contributed by atoms with E-state index in [-0.39, 0.29) is 5.91 Å². The second-order valence-electron chi connectivity index (χ2n) is 7.00. The summed E-state index contributed by atoms with van der Waals surface area (Å²) >= 11 is 1.76. The number of rotatable bonds is 4. The number of thiazole rings is 1. The lowest BCUT2D eigenvalue weighted by molar-refractivity contribution is 0.0706. The number of fused-ring (bicyclic) bond motifs is 1. The number of carbonyl (C=O) groups is 1. The van der Waals surface area contributed by atoms with E-state index in [1.54, 1.807) is 11.3 Å². The first kappa shape index (κ1) is 17.2. The molecule has 0 N–H and O–H groups in total. The Morgan fingerprint density at radius 3 is 3.00 bits per heavy atom. The van der Waals surface area contributed by atoms with Crippen LogP contribution in [0.25, 0.3) is 10.2 Å². The van der Waals surface area contributed by atoms with Crippen LogP contribution in [0.15, 0.2) is 30.5 Å². The molecule has 1 amide bonds. The van der Waals surface area contributed by atoms with Crippen LogP contribution in [0.5, 0.6) is 0 Å². The van der Waals surface area contributed by atoms with Crippen molar-refractivity contribution in [3.05, 3.63) is 46.7 Å². The number of para-hydroxylation sites is 1. The molecule has 1 aromatic carbocycles. The summed E-state index contributed by atoms with van der Waals surface area (Å²) in [7, 11) is 0. The van der Waals surface area contributed by atoms with Gasteiger partial charge in [-0.2, -0.15) is 5.10 Å². The molecule has 0 bridgehead atoms. The van der Waals surface area contributed by atoms with Gasteiger partial charge in [-0.15, -0.1) is 11.3 Å². The highest BCUT2D eigenvalue weighted by atomic mass is 32.1. The Bertz CT molecular complexity index is 896. The van der Waals surface area contributed by atoms with Crippen molar-refractivity contribution in [1.29, 1.82) is 0 Å². The molecule has 2 aromatic heterocycles. The lowest BCUT2D eigenvalue weighted by Crippen LogP contribution is -2.39. The predicted molar refractivity (Wildman–Crippen MR) is 105 cm³/mol. The van der Waals surface area contributed by atoms with E-state index >= 15 is 0 Å². The Kier molecular flexibility index (Phi) is 4.76. The van der Waals surface area contributed by atoms with Crippen molar-refractivity contribution in [3.8, 4) is 0 Å². The molecule has 1 unspecified atom stereocenters. The van der Waals surface area contributed by atoms with E-state index in [4.69, 9.17) is 4.98 Å². The second kappa shape index (κ2) is 7.19. The van der Waals surface area contributed by atoms with E-state index in [1.807, 2.05) is 28.8 Å². The highest BCUT2D eigenvalue weighted by molar-refractivity contribution is 7.18. The van der Waals surface area contributed by atoms with Crippen molar-refractivity contribution in [2.24, 2.45) is 0 Å². The van der Waals surface area contributed by atoms with Gasteiger partial charge in [-0.1, -0.05) is 19.1 Å². The fourth-order valence-electron chi connectivity index (χ4n) is 3.67. The largest absolute Gasteiger partial charge is 0.338 e. The van der Waals surface area contributed by atoms with Crippen molar-refractivity contribution in [3.63, 3.8) is 0 Å². The number of carbonyl (C=O) groups excluding carboxylic acids is 1. The van der Waals surface area contributed by atoms with E-state index < -0.39 is 0 Å². The summed E-state index contributed by atoms with van der Waals surface area (Å²) in [6, 6.07) is 8.26. The van der Waals surface area contributed by atoms with Crippen molar-refractivity contribution in [1.82, 2.24) is 19.7 Å². The molecule has 0 saturated carbocycles. The Labute approximate surface area is 157 Å². The van der Waals surface area contributed by atoms with Crippen LogP contribution in [0.4, 0.5) is 0 Å². The Hall–Kier alpha value is -2.21. The molecular weight excluding hydrogens is 344 g/mol. The van der Waals surface area contributed by atoms with E-state index in [0.717, 1.165) is 60.7 Å². The van der Waals surface area contributed by atoms with Gasteiger partial charge >= 0.3 is 0 Å². The van der Waals surface area contributed by atoms with Crippen molar-refractivity contribution < 1.29 is 4.79 Å².